The van der Waals surface area contributed by atoms with Crippen LogP contribution in [0.3, 0.4) is 0 Å². The summed E-state index contributed by atoms with van der Waals surface area (Å²) in [7, 11) is 1.66. The molecule has 132 valence electrons. The third kappa shape index (κ3) is 4.85. The predicted molar refractivity (Wildman–Crippen MR) is 101 cm³/mol. The summed E-state index contributed by atoms with van der Waals surface area (Å²) in [5.41, 5.74) is 2.31. The summed E-state index contributed by atoms with van der Waals surface area (Å²) < 4.78 is 5.28. The molecule has 0 radical (unpaired) electrons. The molecule has 0 spiro atoms. The minimum atomic E-state index is 0.232. The van der Waals surface area contributed by atoms with E-state index >= 15 is 0 Å². The quantitative estimate of drug-likeness (QED) is 0.756. The molecule has 2 aromatic carbocycles. The Labute approximate surface area is 150 Å². The molecule has 25 heavy (non-hydrogen) atoms. The number of ether oxygens (including phenoxy) is 1. The Morgan fingerprint density at radius 2 is 1.76 bits per heavy atom. The largest absolute Gasteiger partial charge is 0.497 e. The van der Waals surface area contributed by atoms with Crippen molar-refractivity contribution in [2.45, 2.75) is 44.6 Å². The molecule has 3 rings (SSSR count). The Hall–Kier alpha value is -2.29. The number of hydrogen-bond acceptors (Lipinski definition) is 2. The molecule has 1 saturated carbocycles. The van der Waals surface area contributed by atoms with E-state index in [1.807, 2.05) is 30.3 Å². The van der Waals surface area contributed by atoms with Crippen LogP contribution < -0.4 is 4.74 Å². The lowest BCUT2D eigenvalue weighted by Crippen LogP contribution is -2.41. The van der Waals surface area contributed by atoms with Crippen molar-refractivity contribution in [1.29, 1.82) is 0 Å². The van der Waals surface area contributed by atoms with Crippen molar-refractivity contribution in [3.8, 4) is 5.75 Å². The van der Waals surface area contributed by atoms with Crippen LogP contribution in [0.25, 0.3) is 0 Å². The third-order valence-corrected chi connectivity index (χ3v) is 5.06. The zero-order valence-corrected chi connectivity index (χ0v) is 15.0. The second-order valence-electron chi connectivity index (χ2n) is 6.79. The summed E-state index contributed by atoms with van der Waals surface area (Å²) >= 11 is 0. The smallest absolute Gasteiger partial charge is 0.227 e. The molecule has 3 nitrogen and oxygen atoms in total. The van der Waals surface area contributed by atoms with Crippen LogP contribution in [0.4, 0.5) is 0 Å². The first-order chi connectivity index (χ1) is 12.3. The molecular formula is C22H27NO2. The van der Waals surface area contributed by atoms with Crippen LogP contribution in [0.1, 0.15) is 36.8 Å². The topological polar surface area (TPSA) is 29.5 Å². The molecule has 1 aliphatic rings. The van der Waals surface area contributed by atoms with E-state index < -0.39 is 0 Å². The van der Waals surface area contributed by atoms with Gasteiger partial charge < -0.3 is 9.64 Å². The van der Waals surface area contributed by atoms with Crippen LogP contribution in [-0.2, 0) is 17.6 Å². The maximum atomic E-state index is 13.0. The van der Waals surface area contributed by atoms with Gasteiger partial charge in [0.25, 0.3) is 0 Å². The van der Waals surface area contributed by atoms with Crippen LogP contribution in [-0.4, -0.2) is 30.5 Å². The molecule has 0 N–H and O–H groups in total. The van der Waals surface area contributed by atoms with Gasteiger partial charge in [0.15, 0.2) is 0 Å². The number of nitrogens with zero attached hydrogens (tertiary/aromatic N) is 1. The van der Waals surface area contributed by atoms with Gasteiger partial charge in [0.2, 0.25) is 5.91 Å². The Balaban J connectivity index is 1.68. The van der Waals surface area contributed by atoms with E-state index in [0.29, 0.717) is 12.5 Å². The molecule has 1 aliphatic carbocycles. The first-order valence-corrected chi connectivity index (χ1v) is 9.22. The molecule has 0 atom stereocenters. The highest BCUT2D eigenvalue weighted by Crippen LogP contribution is 2.25. The molecule has 3 heteroatoms. The molecule has 0 aromatic heterocycles. The van der Waals surface area contributed by atoms with Crippen molar-refractivity contribution >= 4 is 5.91 Å². The van der Waals surface area contributed by atoms with E-state index in [1.54, 1.807) is 7.11 Å². The fourth-order valence-corrected chi connectivity index (χ4v) is 3.68. The number of benzene rings is 2. The van der Waals surface area contributed by atoms with E-state index in [0.717, 1.165) is 37.1 Å². The molecule has 0 saturated heterocycles. The van der Waals surface area contributed by atoms with Gasteiger partial charge in [0, 0.05) is 12.6 Å². The maximum Gasteiger partial charge on any atom is 0.227 e. The first-order valence-electron chi connectivity index (χ1n) is 9.22. The molecule has 2 aromatic rings. The minimum absolute atomic E-state index is 0.232. The van der Waals surface area contributed by atoms with Crippen LogP contribution in [0.15, 0.2) is 54.6 Å². The number of carbonyl (C=O) groups is 1. The molecule has 1 fully saturated rings. The van der Waals surface area contributed by atoms with Gasteiger partial charge >= 0.3 is 0 Å². The number of methoxy groups -OCH3 is 1. The van der Waals surface area contributed by atoms with Crippen molar-refractivity contribution < 1.29 is 9.53 Å². The van der Waals surface area contributed by atoms with Gasteiger partial charge in [0.1, 0.15) is 5.75 Å². The highest BCUT2D eigenvalue weighted by atomic mass is 16.5. The van der Waals surface area contributed by atoms with Crippen LogP contribution in [0.2, 0.25) is 0 Å². The van der Waals surface area contributed by atoms with Crippen LogP contribution in [0, 0.1) is 0 Å². The lowest BCUT2D eigenvalue weighted by Gasteiger charge is -2.29. The van der Waals surface area contributed by atoms with Crippen LogP contribution in [0.5, 0.6) is 5.75 Å². The van der Waals surface area contributed by atoms with Gasteiger partial charge in [-0.15, -0.1) is 0 Å². The Kier molecular flexibility index (Phi) is 6.10. The molecule has 0 bridgehead atoms. The molecule has 0 unspecified atom stereocenters. The Morgan fingerprint density at radius 3 is 2.48 bits per heavy atom. The second-order valence-corrected chi connectivity index (χ2v) is 6.79. The average molecular weight is 337 g/mol. The van der Waals surface area contributed by atoms with E-state index in [4.69, 9.17) is 4.74 Å². The first kappa shape index (κ1) is 17.5. The summed E-state index contributed by atoms with van der Waals surface area (Å²) in [5.74, 6) is 1.04. The molecule has 0 aliphatic heterocycles. The van der Waals surface area contributed by atoms with E-state index in [-0.39, 0.29) is 5.91 Å². The van der Waals surface area contributed by atoms with Crippen LogP contribution >= 0.6 is 0 Å². The summed E-state index contributed by atoms with van der Waals surface area (Å²) in [6.45, 7) is 0.803. The maximum absolute atomic E-state index is 13.0. The summed E-state index contributed by atoms with van der Waals surface area (Å²) in [5, 5.41) is 0. The van der Waals surface area contributed by atoms with Crippen molar-refractivity contribution in [2.75, 3.05) is 13.7 Å². The van der Waals surface area contributed by atoms with Crippen molar-refractivity contribution in [1.82, 2.24) is 4.90 Å². The van der Waals surface area contributed by atoms with E-state index in [2.05, 4.69) is 29.2 Å². The Morgan fingerprint density at radius 1 is 1.04 bits per heavy atom. The second kappa shape index (κ2) is 8.70. The van der Waals surface area contributed by atoms with Crippen molar-refractivity contribution in [3.05, 3.63) is 65.7 Å². The van der Waals surface area contributed by atoms with Gasteiger partial charge in [0.05, 0.1) is 13.5 Å². The van der Waals surface area contributed by atoms with E-state index in [1.165, 1.54) is 18.4 Å². The number of hydrogen-bond donors (Lipinski definition) is 0. The molecule has 0 heterocycles. The van der Waals surface area contributed by atoms with Gasteiger partial charge in [-0.1, -0.05) is 55.3 Å². The predicted octanol–water partition coefficient (Wildman–Crippen LogP) is 4.25. The van der Waals surface area contributed by atoms with Gasteiger partial charge in [-0.05, 0) is 42.5 Å². The lowest BCUT2D eigenvalue weighted by molar-refractivity contribution is -0.132. The number of carbonyl (C=O) groups excluding carboxylic acids is 1. The average Bonchev–Trinajstić information content (AvgIpc) is 3.17. The van der Waals surface area contributed by atoms with E-state index in [9.17, 15) is 4.79 Å². The SMILES string of the molecule is COc1cccc(CC(=O)N(CCc2ccccc2)C2CCCC2)c1. The Bertz CT molecular complexity index is 677. The van der Waals surface area contributed by atoms with Gasteiger partial charge in [-0.2, -0.15) is 0 Å². The monoisotopic (exact) mass is 337 g/mol. The standard InChI is InChI=1S/C22H27NO2/c1-25-21-13-7-10-19(16-21)17-22(24)23(20-11-5-6-12-20)15-14-18-8-3-2-4-9-18/h2-4,7-10,13,16,20H,5-6,11-12,14-15,17H2,1H3. The van der Waals surface area contributed by atoms with Crippen molar-refractivity contribution in [3.63, 3.8) is 0 Å². The zero-order valence-electron chi connectivity index (χ0n) is 15.0. The summed E-state index contributed by atoms with van der Waals surface area (Å²) in [6.07, 6.45) is 6.11. The number of amides is 1. The molecule has 1 amide bonds. The highest BCUT2D eigenvalue weighted by Gasteiger charge is 2.26. The van der Waals surface area contributed by atoms with Gasteiger partial charge in [-0.25, -0.2) is 0 Å². The highest BCUT2D eigenvalue weighted by molar-refractivity contribution is 5.79. The summed E-state index contributed by atoms with van der Waals surface area (Å²) in [4.78, 5) is 15.1. The summed E-state index contributed by atoms with van der Waals surface area (Å²) in [6, 6.07) is 18.7. The minimum Gasteiger partial charge on any atom is -0.497 e. The lowest BCUT2D eigenvalue weighted by atomic mass is 10.1. The fraction of sp³-hybridized carbons (Fsp3) is 0.409. The fourth-order valence-electron chi connectivity index (χ4n) is 3.68. The third-order valence-electron chi connectivity index (χ3n) is 5.06. The zero-order chi connectivity index (χ0) is 17.5. The van der Waals surface area contributed by atoms with Gasteiger partial charge in [-0.3, -0.25) is 4.79 Å². The molecular weight excluding hydrogens is 310 g/mol. The normalized spacial score (nSPS) is 14.4. The van der Waals surface area contributed by atoms with Crippen molar-refractivity contribution in [2.24, 2.45) is 0 Å². The number of rotatable bonds is 7.